The monoisotopic (exact) mass is 343 g/mol. The molecule has 7 nitrogen and oxygen atoms in total. The van der Waals surface area contributed by atoms with Gasteiger partial charge in [-0.25, -0.2) is 0 Å². The summed E-state index contributed by atoms with van der Waals surface area (Å²) in [5, 5.41) is 22.7. The Kier molecular flexibility index (Phi) is 5.93. The fourth-order valence-electron chi connectivity index (χ4n) is 2.06. The van der Waals surface area contributed by atoms with E-state index in [1.807, 2.05) is 38.1 Å². The third kappa shape index (κ3) is 6.76. The minimum absolute atomic E-state index is 0.204. The molecule has 1 heterocycles. The SMILES string of the molecule is Cc1ccc(CC(=O)/N=C(/NCC(C)(C)O)Nc2cc(C)[nH]n2)cc1. The van der Waals surface area contributed by atoms with Gasteiger partial charge in [0.05, 0.1) is 12.0 Å². The Morgan fingerprint density at radius 3 is 2.52 bits per heavy atom. The minimum atomic E-state index is -0.941. The van der Waals surface area contributed by atoms with E-state index in [1.165, 1.54) is 0 Å². The van der Waals surface area contributed by atoms with E-state index in [-0.39, 0.29) is 24.8 Å². The van der Waals surface area contributed by atoms with Crippen molar-refractivity contribution in [1.82, 2.24) is 15.5 Å². The van der Waals surface area contributed by atoms with Crippen LogP contribution in [-0.4, -0.2) is 39.3 Å². The normalized spacial score (nSPS) is 12.1. The molecule has 1 aromatic carbocycles. The first-order chi connectivity index (χ1) is 11.7. The first-order valence-corrected chi connectivity index (χ1v) is 8.14. The number of aliphatic hydroxyl groups is 1. The lowest BCUT2D eigenvalue weighted by Gasteiger charge is -2.19. The molecule has 2 aromatic rings. The van der Waals surface area contributed by atoms with Crippen LogP contribution in [0.15, 0.2) is 35.3 Å². The third-order valence-corrected chi connectivity index (χ3v) is 3.35. The van der Waals surface area contributed by atoms with Crippen LogP contribution in [0.3, 0.4) is 0 Å². The summed E-state index contributed by atoms with van der Waals surface area (Å²) in [4.78, 5) is 16.4. The number of nitrogens with zero attached hydrogens (tertiary/aromatic N) is 2. The smallest absolute Gasteiger partial charge is 0.253 e. The van der Waals surface area contributed by atoms with Gasteiger partial charge in [-0.3, -0.25) is 9.89 Å². The molecular formula is C18H25N5O2. The number of hydrogen-bond acceptors (Lipinski definition) is 3. The Bertz CT molecular complexity index is 742. The Morgan fingerprint density at radius 1 is 1.28 bits per heavy atom. The number of guanidine groups is 1. The molecule has 2 rings (SSSR count). The number of aromatic amines is 1. The second kappa shape index (κ2) is 7.94. The Labute approximate surface area is 147 Å². The van der Waals surface area contributed by atoms with Crippen LogP contribution >= 0.6 is 0 Å². The maximum Gasteiger partial charge on any atom is 0.253 e. The summed E-state index contributed by atoms with van der Waals surface area (Å²) < 4.78 is 0. The molecular weight excluding hydrogens is 318 g/mol. The van der Waals surface area contributed by atoms with Crippen molar-refractivity contribution in [2.75, 3.05) is 11.9 Å². The molecule has 25 heavy (non-hydrogen) atoms. The van der Waals surface area contributed by atoms with E-state index in [0.29, 0.717) is 5.82 Å². The summed E-state index contributed by atoms with van der Waals surface area (Å²) in [6.07, 6.45) is 0.204. The van der Waals surface area contributed by atoms with Gasteiger partial charge in [0, 0.05) is 18.3 Å². The first-order valence-electron chi connectivity index (χ1n) is 8.14. The molecule has 0 aliphatic rings. The Balaban J connectivity index is 2.09. The van der Waals surface area contributed by atoms with Crippen molar-refractivity contribution in [2.45, 2.75) is 39.7 Å². The van der Waals surface area contributed by atoms with Crippen LogP contribution in [0.2, 0.25) is 0 Å². The van der Waals surface area contributed by atoms with Gasteiger partial charge < -0.3 is 15.7 Å². The molecule has 0 radical (unpaired) electrons. The summed E-state index contributed by atoms with van der Waals surface area (Å²) in [5.41, 5.74) is 1.99. The van der Waals surface area contributed by atoms with Crippen molar-refractivity contribution in [3.05, 3.63) is 47.2 Å². The number of H-pyrrole nitrogens is 1. The largest absolute Gasteiger partial charge is 0.389 e. The predicted octanol–water partition coefficient (Wildman–Crippen LogP) is 1.92. The van der Waals surface area contributed by atoms with Gasteiger partial charge in [-0.2, -0.15) is 10.1 Å². The maximum absolute atomic E-state index is 12.3. The molecule has 0 bridgehead atoms. The van der Waals surface area contributed by atoms with Crippen LogP contribution in [0.1, 0.15) is 30.7 Å². The first kappa shape index (κ1) is 18.7. The fourth-order valence-corrected chi connectivity index (χ4v) is 2.06. The van der Waals surface area contributed by atoms with Crippen LogP contribution in [0.4, 0.5) is 5.82 Å². The quantitative estimate of drug-likeness (QED) is 0.491. The molecule has 7 heteroatoms. The number of aryl methyl sites for hydroxylation is 2. The lowest BCUT2D eigenvalue weighted by atomic mass is 10.1. The number of hydrogen-bond donors (Lipinski definition) is 4. The van der Waals surface area contributed by atoms with Crippen LogP contribution in [0, 0.1) is 13.8 Å². The number of amides is 1. The molecule has 0 saturated carbocycles. The average Bonchev–Trinajstić information content (AvgIpc) is 2.91. The van der Waals surface area contributed by atoms with E-state index in [1.54, 1.807) is 19.9 Å². The van der Waals surface area contributed by atoms with E-state index in [2.05, 4.69) is 25.8 Å². The van der Waals surface area contributed by atoms with Crippen LogP contribution in [0.5, 0.6) is 0 Å². The number of benzene rings is 1. The van der Waals surface area contributed by atoms with Gasteiger partial charge in [0.1, 0.15) is 0 Å². The molecule has 1 aromatic heterocycles. The van der Waals surface area contributed by atoms with Crippen molar-refractivity contribution in [3.63, 3.8) is 0 Å². The molecule has 0 saturated heterocycles. The Morgan fingerprint density at radius 2 is 1.96 bits per heavy atom. The molecule has 1 amide bonds. The van der Waals surface area contributed by atoms with Crippen molar-refractivity contribution in [1.29, 1.82) is 0 Å². The highest BCUT2D eigenvalue weighted by Gasteiger charge is 2.15. The molecule has 0 spiro atoms. The number of aromatic nitrogens is 2. The lowest BCUT2D eigenvalue weighted by molar-refractivity contribution is -0.117. The summed E-state index contributed by atoms with van der Waals surface area (Å²) in [7, 11) is 0. The highest BCUT2D eigenvalue weighted by Crippen LogP contribution is 2.07. The topological polar surface area (TPSA) is 102 Å². The second-order valence-electron chi connectivity index (χ2n) is 6.74. The highest BCUT2D eigenvalue weighted by molar-refractivity contribution is 6.01. The van der Waals surface area contributed by atoms with Crippen molar-refractivity contribution in [3.8, 4) is 0 Å². The summed E-state index contributed by atoms with van der Waals surface area (Å²) in [6.45, 7) is 7.45. The molecule has 0 fully saturated rings. The molecule has 0 atom stereocenters. The summed E-state index contributed by atoms with van der Waals surface area (Å²) >= 11 is 0. The number of anilines is 1. The van der Waals surface area contributed by atoms with Crippen molar-refractivity contribution in [2.24, 2.45) is 4.99 Å². The molecule has 0 unspecified atom stereocenters. The zero-order chi connectivity index (χ0) is 18.4. The molecule has 4 N–H and O–H groups in total. The number of aliphatic imine (C=N–C) groups is 1. The predicted molar refractivity (Wildman–Crippen MR) is 98.6 cm³/mol. The Hall–Kier alpha value is -2.67. The average molecular weight is 343 g/mol. The van der Waals surface area contributed by atoms with Crippen LogP contribution < -0.4 is 10.6 Å². The van der Waals surface area contributed by atoms with Crippen molar-refractivity contribution >= 4 is 17.7 Å². The highest BCUT2D eigenvalue weighted by atomic mass is 16.3. The van der Waals surface area contributed by atoms with Crippen molar-refractivity contribution < 1.29 is 9.90 Å². The van der Waals surface area contributed by atoms with Gasteiger partial charge in [-0.05, 0) is 33.3 Å². The van der Waals surface area contributed by atoms with E-state index in [9.17, 15) is 9.90 Å². The summed E-state index contributed by atoms with van der Waals surface area (Å²) in [5.74, 6) is 0.509. The van der Waals surface area contributed by atoms with Gasteiger partial charge in [0.15, 0.2) is 5.82 Å². The third-order valence-electron chi connectivity index (χ3n) is 3.35. The zero-order valence-electron chi connectivity index (χ0n) is 15.1. The fraction of sp³-hybridized carbons (Fsp3) is 0.389. The van der Waals surface area contributed by atoms with Gasteiger partial charge in [0.25, 0.3) is 5.91 Å². The second-order valence-corrected chi connectivity index (χ2v) is 6.74. The molecule has 134 valence electrons. The maximum atomic E-state index is 12.3. The zero-order valence-corrected chi connectivity index (χ0v) is 15.1. The van der Waals surface area contributed by atoms with E-state index >= 15 is 0 Å². The lowest BCUT2D eigenvalue weighted by Crippen LogP contribution is -2.41. The van der Waals surface area contributed by atoms with Gasteiger partial charge in [-0.1, -0.05) is 29.8 Å². The summed E-state index contributed by atoms with van der Waals surface area (Å²) in [6, 6.07) is 9.55. The molecule has 0 aliphatic heterocycles. The number of nitrogens with one attached hydrogen (secondary N) is 3. The van der Waals surface area contributed by atoms with E-state index in [4.69, 9.17) is 0 Å². The number of carbonyl (C=O) groups excluding carboxylic acids is 1. The van der Waals surface area contributed by atoms with Gasteiger partial charge >= 0.3 is 0 Å². The number of rotatable bonds is 5. The minimum Gasteiger partial charge on any atom is -0.389 e. The number of carbonyl (C=O) groups is 1. The van der Waals surface area contributed by atoms with E-state index < -0.39 is 5.60 Å². The van der Waals surface area contributed by atoms with Gasteiger partial charge in [0.2, 0.25) is 5.96 Å². The van der Waals surface area contributed by atoms with Gasteiger partial charge in [-0.15, -0.1) is 0 Å². The molecule has 0 aliphatic carbocycles. The van der Waals surface area contributed by atoms with Crippen LogP contribution in [-0.2, 0) is 11.2 Å². The standard InChI is InChI=1S/C18H25N5O2/c1-12-5-7-14(8-6-12)10-16(24)21-17(19-11-18(3,4)25)20-15-9-13(2)22-23-15/h5-9,25H,10-11H2,1-4H3,(H3,19,20,21,22,23,24). The van der Waals surface area contributed by atoms with Crippen LogP contribution in [0.25, 0.3) is 0 Å². The van der Waals surface area contributed by atoms with E-state index in [0.717, 1.165) is 16.8 Å².